The molecule has 22 heavy (non-hydrogen) atoms. The van der Waals surface area contributed by atoms with Gasteiger partial charge in [0, 0.05) is 19.3 Å². The van der Waals surface area contributed by atoms with E-state index in [9.17, 15) is 13.2 Å². The number of amides is 1. The topological polar surface area (TPSA) is 66.5 Å². The summed E-state index contributed by atoms with van der Waals surface area (Å²) in [5.41, 5.74) is 1.50. The lowest BCUT2D eigenvalue weighted by atomic mass is 10.2. The van der Waals surface area contributed by atoms with E-state index in [2.05, 4.69) is 5.32 Å². The Labute approximate surface area is 130 Å². The number of aryl methyl sites for hydroxylation is 1. The molecule has 0 aromatic heterocycles. The van der Waals surface area contributed by atoms with Gasteiger partial charge in [0.05, 0.1) is 10.6 Å². The van der Waals surface area contributed by atoms with Crippen LogP contribution in [-0.4, -0.2) is 32.3 Å². The van der Waals surface area contributed by atoms with Gasteiger partial charge in [0.2, 0.25) is 9.84 Å². The molecular formula is C16H20N2O3S. The van der Waals surface area contributed by atoms with Gasteiger partial charge in [0.1, 0.15) is 0 Å². The quantitative estimate of drug-likeness (QED) is 0.863. The van der Waals surface area contributed by atoms with Gasteiger partial charge in [0.15, 0.2) is 4.91 Å². The Balaban J connectivity index is 1.94. The number of rotatable bonds is 1. The van der Waals surface area contributed by atoms with E-state index in [1.807, 2.05) is 6.92 Å². The van der Waals surface area contributed by atoms with Gasteiger partial charge in [-0.25, -0.2) is 8.42 Å². The highest BCUT2D eigenvalue weighted by atomic mass is 32.2. The SMILES string of the molecule is Cc1ccc2c(c1)NC=C(C(=O)N1CCCCCC1)S2(=O)=O. The Hall–Kier alpha value is -1.82. The highest BCUT2D eigenvalue weighted by Crippen LogP contribution is 2.33. The van der Waals surface area contributed by atoms with Crippen molar-refractivity contribution in [2.24, 2.45) is 0 Å². The zero-order valence-corrected chi connectivity index (χ0v) is 13.4. The highest BCUT2D eigenvalue weighted by molar-refractivity contribution is 7.96. The monoisotopic (exact) mass is 320 g/mol. The third-order valence-electron chi connectivity index (χ3n) is 4.18. The normalized spacial score (nSPS) is 20.4. The summed E-state index contributed by atoms with van der Waals surface area (Å²) in [4.78, 5) is 14.3. The molecule has 2 aliphatic heterocycles. The van der Waals surface area contributed by atoms with Crippen LogP contribution < -0.4 is 5.32 Å². The number of fused-ring (bicyclic) bond motifs is 1. The first-order valence-electron chi connectivity index (χ1n) is 7.62. The Morgan fingerprint density at radius 1 is 1.14 bits per heavy atom. The van der Waals surface area contributed by atoms with Crippen LogP contribution in [-0.2, 0) is 14.6 Å². The van der Waals surface area contributed by atoms with E-state index in [-0.39, 0.29) is 15.7 Å². The summed E-state index contributed by atoms with van der Waals surface area (Å²) in [6, 6.07) is 5.09. The molecule has 0 saturated carbocycles. The lowest BCUT2D eigenvalue weighted by Crippen LogP contribution is -2.36. The number of carbonyl (C=O) groups excluding carboxylic acids is 1. The van der Waals surface area contributed by atoms with E-state index in [1.54, 1.807) is 23.1 Å². The maximum atomic E-state index is 12.7. The molecule has 1 aromatic rings. The first kappa shape index (κ1) is 15.1. The van der Waals surface area contributed by atoms with Crippen LogP contribution in [0.1, 0.15) is 31.2 Å². The molecule has 5 nitrogen and oxygen atoms in total. The van der Waals surface area contributed by atoms with Gasteiger partial charge in [-0.3, -0.25) is 4.79 Å². The summed E-state index contributed by atoms with van der Waals surface area (Å²) in [5, 5.41) is 2.96. The molecule has 3 rings (SSSR count). The van der Waals surface area contributed by atoms with Crippen molar-refractivity contribution in [3.05, 3.63) is 34.9 Å². The van der Waals surface area contributed by atoms with Gasteiger partial charge in [0.25, 0.3) is 5.91 Å². The minimum atomic E-state index is -3.75. The molecule has 2 aliphatic rings. The van der Waals surface area contributed by atoms with Gasteiger partial charge < -0.3 is 10.2 Å². The van der Waals surface area contributed by atoms with E-state index in [0.29, 0.717) is 18.8 Å². The predicted octanol–water partition coefficient (Wildman–Crippen LogP) is 2.44. The van der Waals surface area contributed by atoms with E-state index in [0.717, 1.165) is 31.2 Å². The number of carbonyl (C=O) groups is 1. The zero-order chi connectivity index (χ0) is 15.7. The maximum Gasteiger partial charge on any atom is 0.267 e. The molecule has 1 amide bonds. The molecule has 118 valence electrons. The van der Waals surface area contributed by atoms with Crippen LogP contribution in [0.3, 0.4) is 0 Å². The fourth-order valence-corrected chi connectivity index (χ4v) is 4.40. The largest absolute Gasteiger partial charge is 0.359 e. The molecule has 0 atom stereocenters. The number of likely N-dealkylation sites (tertiary alicyclic amines) is 1. The second-order valence-electron chi connectivity index (χ2n) is 5.86. The zero-order valence-electron chi connectivity index (χ0n) is 12.6. The molecule has 6 heteroatoms. The second-order valence-corrected chi connectivity index (χ2v) is 7.75. The van der Waals surface area contributed by atoms with E-state index in [1.165, 1.54) is 6.20 Å². The van der Waals surface area contributed by atoms with E-state index >= 15 is 0 Å². The maximum absolute atomic E-state index is 12.7. The molecule has 1 aromatic carbocycles. The van der Waals surface area contributed by atoms with Gasteiger partial charge in [-0.1, -0.05) is 18.9 Å². The standard InChI is InChI=1S/C16H20N2O3S/c1-12-6-7-14-13(10-12)17-11-15(22(14,20)21)16(19)18-8-4-2-3-5-9-18/h6-7,10-11,17H,2-5,8-9H2,1H3. The molecule has 1 N–H and O–H groups in total. The van der Waals surface area contributed by atoms with Crippen molar-refractivity contribution in [2.45, 2.75) is 37.5 Å². The first-order valence-corrected chi connectivity index (χ1v) is 9.10. The minimum Gasteiger partial charge on any atom is -0.359 e. The number of anilines is 1. The van der Waals surface area contributed by atoms with Gasteiger partial charge in [-0.15, -0.1) is 0 Å². The number of benzene rings is 1. The van der Waals surface area contributed by atoms with Crippen LogP contribution in [0.4, 0.5) is 5.69 Å². The van der Waals surface area contributed by atoms with Crippen molar-refractivity contribution in [1.82, 2.24) is 4.90 Å². The fraction of sp³-hybridized carbons (Fsp3) is 0.438. The van der Waals surface area contributed by atoms with Crippen LogP contribution in [0.15, 0.2) is 34.2 Å². The Kier molecular flexibility index (Phi) is 3.95. The number of hydrogen-bond acceptors (Lipinski definition) is 4. The van der Waals surface area contributed by atoms with Gasteiger partial charge >= 0.3 is 0 Å². The molecule has 0 unspecified atom stereocenters. The predicted molar refractivity (Wildman–Crippen MR) is 85.1 cm³/mol. The summed E-state index contributed by atoms with van der Waals surface area (Å²) >= 11 is 0. The highest BCUT2D eigenvalue weighted by Gasteiger charge is 2.34. The number of sulfone groups is 1. The molecule has 0 spiro atoms. The number of nitrogens with one attached hydrogen (secondary N) is 1. The second kappa shape index (κ2) is 5.76. The van der Waals surface area contributed by atoms with Gasteiger partial charge in [-0.2, -0.15) is 0 Å². The number of nitrogens with zero attached hydrogens (tertiary/aromatic N) is 1. The molecular weight excluding hydrogens is 300 g/mol. The summed E-state index contributed by atoms with van der Waals surface area (Å²) in [6.07, 6.45) is 5.39. The molecule has 1 fully saturated rings. The summed E-state index contributed by atoms with van der Waals surface area (Å²) in [6.45, 7) is 3.16. The Morgan fingerprint density at radius 3 is 2.50 bits per heavy atom. The molecule has 0 radical (unpaired) electrons. The minimum absolute atomic E-state index is 0.147. The van der Waals surface area contributed by atoms with Crippen LogP contribution in [0.25, 0.3) is 0 Å². The molecule has 0 bridgehead atoms. The average molecular weight is 320 g/mol. The Morgan fingerprint density at radius 2 is 1.82 bits per heavy atom. The summed E-state index contributed by atoms with van der Waals surface area (Å²) in [5.74, 6) is -0.388. The smallest absolute Gasteiger partial charge is 0.267 e. The van der Waals surface area contributed by atoms with Crippen molar-refractivity contribution < 1.29 is 13.2 Å². The van der Waals surface area contributed by atoms with Crippen molar-refractivity contribution in [2.75, 3.05) is 18.4 Å². The van der Waals surface area contributed by atoms with E-state index in [4.69, 9.17) is 0 Å². The lowest BCUT2D eigenvalue weighted by Gasteiger charge is -2.24. The van der Waals surface area contributed by atoms with Crippen molar-refractivity contribution in [3.8, 4) is 0 Å². The number of hydrogen-bond donors (Lipinski definition) is 1. The third-order valence-corrected chi connectivity index (χ3v) is 5.98. The van der Waals surface area contributed by atoms with Crippen LogP contribution in [0.5, 0.6) is 0 Å². The summed E-state index contributed by atoms with van der Waals surface area (Å²) < 4.78 is 25.5. The molecule has 2 heterocycles. The fourth-order valence-electron chi connectivity index (χ4n) is 2.94. The van der Waals surface area contributed by atoms with Gasteiger partial charge in [-0.05, 0) is 37.5 Å². The average Bonchev–Trinajstić information content (AvgIpc) is 2.75. The molecule has 0 aliphatic carbocycles. The van der Waals surface area contributed by atoms with E-state index < -0.39 is 9.84 Å². The Bertz CT molecular complexity index is 730. The lowest BCUT2D eigenvalue weighted by molar-refractivity contribution is -0.126. The molecule has 1 saturated heterocycles. The van der Waals surface area contributed by atoms with Crippen molar-refractivity contribution >= 4 is 21.4 Å². The van der Waals surface area contributed by atoms with Crippen LogP contribution >= 0.6 is 0 Å². The summed E-state index contributed by atoms with van der Waals surface area (Å²) in [7, 11) is -3.75. The van der Waals surface area contributed by atoms with Crippen molar-refractivity contribution in [1.29, 1.82) is 0 Å². The third kappa shape index (κ3) is 2.63. The van der Waals surface area contributed by atoms with Crippen LogP contribution in [0, 0.1) is 6.92 Å². The van der Waals surface area contributed by atoms with Crippen molar-refractivity contribution in [3.63, 3.8) is 0 Å². The van der Waals surface area contributed by atoms with Crippen LogP contribution in [0.2, 0.25) is 0 Å². The first-order chi connectivity index (χ1) is 10.5.